The first-order valence-corrected chi connectivity index (χ1v) is 5.81. The normalized spacial score (nSPS) is 13.7. The molecule has 1 aliphatic heterocycles. The van der Waals surface area contributed by atoms with Gasteiger partial charge in [-0.25, -0.2) is 0 Å². The molecule has 0 aliphatic carbocycles. The van der Waals surface area contributed by atoms with Crippen molar-refractivity contribution in [1.82, 2.24) is 0 Å². The maximum Gasteiger partial charge on any atom is -0.147 e. The average Bonchev–Trinajstić information content (AvgIpc) is 1.72. The molecule has 1 heterocycles. The van der Waals surface area contributed by atoms with Crippen LogP contribution in [-0.2, 0) is 0 Å². The number of hydrogen-bond donors (Lipinski definition) is 0. The van der Waals surface area contributed by atoms with Crippen molar-refractivity contribution < 1.29 is 0 Å². The molecule has 0 saturated heterocycles. The molecule has 0 N–H and O–H groups in total. The van der Waals surface area contributed by atoms with Crippen molar-refractivity contribution in [3.63, 3.8) is 0 Å². The van der Waals surface area contributed by atoms with Gasteiger partial charge < -0.3 is 0 Å². The fourth-order valence-electron chi connectivity index (χ4n) is 0.385. The molecule has 1 aliphatic rings. The Morgan fingerprint density at radius 2 is 1.86 bits per heavy atom. The predicted octanol–water partition coefficient (Wildman–Crippen LogP) is 0.730. The molecule has 38 valence electrons. The Morgan fingerprint density at radius 1 is 1.00 bits per heavy atom. The zero-order valence-electron chi connectivity index (χ0n) is 3.87. The number of halogens is 1. The minimum absolute atomic E-state index is 0. The molecule has 0 radical (unpaired) electrons. The smallest absolute Gasteiger partial charge is 0.147 e. The van der Waals surface area contributed by atoms with Gasteiger partial charge in [0.1, 0.15) is 0 Å². The molecule has 0 saturated carbocycles. The van der Waals surface area contributed by atoms with Gasteiger partial charge in [0.15, 0.2) is 0 Å². The monoisotopic (exact) mass is 222 g/mol. The van der Waals surface area contributed by atoms with E-state index in [1.807, 2.05) is 0 Å². The van der Waals surface area contributed by atoms with Crippen LogP contribution < -0.4 is 0 Å². The van der Waals surface area contributed by atoms with Crippen LogP contribution in [0.1, 0.15) is 0 Å². The molecule has 0 amide bonds. The van der Waals surface area contributed by atoms with E-state index < -0.39 is 0 Å². The van der Waals surface area contributed by atoms with E-state index in [0.29, 0.717) is 0 Å². The number of rotatable bonds is 0. The van der Waals surface area contributed by atoms with Crippen molar-refractivity contribution in [1.29, 1.82) is 0 Å². The molecule has 0 aromatic carbocycles. The summed E-state index contributed by atoms with van der Waals surface area (Å²) in [6.45, 7) is 0. The van der Waals surface area contributed by atoms with E-state index in [-0.39, 0.29) is 33.1 Å². The molecule has 0 atom stereocenters. The Morgan fingerprint density at radius 3 is 2.00 bits per heavy atom. The van der Waals surface area contributed by atoms with Gasteiger partial charge in [-0.3, -0.25) is 0 Å². The second-order valence-corrected chi connectivity index (χ2v) is 4.45. The third-order valence-electron chi connectivity index (χ3n) is 0.667. The van der Waals surface area contributed by atoms with Crippen LogP contribution in [0.5, 0.6) is 0 Å². The second kappa shape index (κ2) is 4.59. The molecule has 0 aromatic heterocycles. The van der Waals surface area contributed by atoms with Crippen LogP contribution in [0, 0.1) is 0 Å². The summed E-state index contributed by atoms with van der Waals surface area (Å²) in [5, 5.41) is 0. The van der Waals surface area contributed by atoms with Crippen LogP contribution in [0.3, 0.4) is 0 Å². The van der Waals surface area contributed by atoms with Gasteiger partial charge in [-0.15, -0.1) is 12.4 Å². The molecule has 0 spiro atoms. The molecule has 0 bridgehead atoms. The summed E-state index contributed by atoms with van der Waals surface area (Å²) in [7, 11) is 0. The van der Waals surface area contributed by atoms with Crippen LogP contribution in [-0.4, -0.2) is 24.7 Å². The summed E-state index contributed by atoms with van der Waals surface area (Å²) in [6, 6.07) is 0. The molecule has 0 unspecified atom stereocenters. The van der Waals surface area contributed by atoms with Gasteiger partial charge in [0, 0.05) is 0 Å². The summed E-state index contributed by atoms with van der Waals surface area (Å²) in [6.07, 6.45) is 6.36. The van der Waals surface area contributed by atoms with E-state index in [2.05, 4.69) is 26.3 Å². The van der Waals surface area contributed by atoms with Crippen molar-refractivity contribution in [2.75, 3.05) is 0 Å². The number of allylic oxidation sites excluding steroid dienone is 3. The summed E-state index contributed by atoms with van der Waals surface area (Å²) >= 11 is -0.249. The minimum Gasteiger partial charge on any atom is -0.147 e. The van der Waals surface area contributed by atoms with Crippen molar-refractivity contribution in [2.45, 2.75) is 0 Å². The number of hydrogen-bond acceptors (Lipinski definition) is 0. The van der Waals surface area contributed by atoms with Crippen LogP contribution in [0.25, 0.3) is 0 Å². The topological polar surface area (TPSA) is 0 Å². The largest absolute Gasteiger partial charge is 0.147 e. The zero-order valence-corrected chi connectivity index (χ0v) is 7.98. The molecule has 2 heteroatoms. The van der Waals surface area contributed by atoms with Crippen LogP contribution in [0.2, 0.25) is 0 Å². The standard InChI is InChI=1S/C5H5.ClH.Sn.H/c1-3-5-4-2;;;/h1-5H;1H;;. The summed E-state index contributed by atoms with van der Waals surface area (Å²) in [4.78, 5) is 0. The third-order valence-corrected chi connectivity index (χ3v) is 3.20. The predicted molar refractivity (Wildman–Crippen MR) is 38.7 cm³/mol. The molecule has 0 aromatic rings. The second-order valence-electron chi connectivity index (χ2n) is 1.15. The first-order chi connectivity index (χ1) is 3.00. The zero-order chi connectivity index (χ0) is 4.24. The molecule has 0 fully saturated rings. The maximum absolute atomic E-state index is 2.32. The van der Waals surface area contributed by atoms with Gasteiger partial charge >= 0.3 is 47.0 Å². The van der Waals surface area contributed by atoms with Gasteiger partial charge in [-0.2, -0.15) is 0 Å². The van der Waals surface area contributed by atoms with E-state index in [4.69, 9.17) is 0 Å². The first-order valence-electron chi connectivity index (χ1n) is 2.00. The van der Waals surface area contributed by atoms with Gasteiger partial charge in [-0.05, 0) is 0 Å². The van der Waals surface area contributed by atoms with Crippen molar-refractivity contribution >= 4 is 37.1 Å². The average molecular weight is 221 g/mol. The van der Waals surface area contributed by atoms with E-state index >= 15 is 0 Å². The van der Waals surface area contributed by atoms with Crippen molar-refractivity contribution in [2.24, 2.45) is 0 Å². The van der Waals surface area contributed by atoms with Crippen molar-refractivity contribution in [3.8, 4) is 0 Å². The molecule has 1 rings (SSSR count). The molecular weight excluding hydrogens is 214 g/mol. The van der Waals surface area contributed by atoms with E-state index in [1.54, 1.807) is 0 Å². The van der Waals surface area contributed by atoms with Gasteiger partial charge in [0.2, 0.25) is 0 Å². The van der Waals surface area contributed by atoms with Crippen LogP contribution in [0.4, 0.5) is 0 Å². The van der Waals surface area contributed by atoms with Gasteiger partial charge in [0.05, 0.1) is 0 Å². The van der Waals surface area contributed by atoms with Crippen molar-refractivity contribution in [3.05, 3.63) is 22.3 Å². The van der Waals surface area contributed by atoms with E-state index in [9.17, 15) is 0 Å². The summed E-state index contributed by atoms with van der Waals surface area (Å²) in [5.41, 5.74) is 0. The maximum atomic E-state index is 2.32. The SMILES string of the molecule is C1=C[CH]=[SnH][CH]=C1.Cl. The third kappa shape index (κ3) is 3.06. The molecule has 7 heavy (non-hydrogen) atoms. The fraction of sp³-hybridized carbons (Fsp3) is 0. The Balaban J connectivity index is 0.000000360. The fourth-order valence-corrected chi connectivity index (χ4v) is 2.22. The Labute approximate surface area is 59.4 Å². The van der Waals surface area contributed by atoms with Gasteiger partial charge in [-0.1, -0.05) is 0 Å². The van der Waals surface area contributed by atoms with Crippen LogP contribution >= 0.6 is 12.4 Å². The van der Waals surface area contributed by atoms with E-state index in [0.717, 1.165) is 0 Å². The van der Waals surface area contributed by atoms with Gasteiger partial charge in [0.25, 0.3) is 0 Å². The Kier molecular flexibility index (Phi) is 4.88. The molecular formula is C5H7ClSn. The Bertz CT molecular complexity index is 77.5. The minimum atomic E-state index is -0.249. The Hall–Kier alpha value is 0.439. The summed E-state index contributed by atoms with van der Waals surface area (Å²) in [5.74, 6) is 0. The van der Waals surface area contributed by atoms with E-state index in [1.165, 1.54) is 0 Å². The molecule has 0 nitrogen and oxygen atoms in total. The summed E-state index contributed by atoms with van der Waals surface area (Å²) < 4.78 is 4.63. The quantitative estimate of drug-likeness (QED) is 0.529. The van der Waals surface area contributed by atoms with Crippen LogP contribution in [0.15, 0.2) is 22.3 Å². The first kappa shape index (κ1) is 7.44.